The minimum Gasteiger partial charge on any atom is -0.493 e. The van der Waals surface area contributed by atoms with Crippen molar-refractivity contribution in [2.45, 2.75) is 6.42 Å². The van der Waals surface area contributed by atoms with Gasteiger partial charge in [-0.15, -0.1) is 0 Å². The van der Waals surface area contributed by atoms with Gasteiger partial charge in [0.05, 0.1) is 6.61 Å². The maximum Gasteiger partial charge on any atom is 0.144 e. The Labute approximate surface area is 77.0 Å². The number of hydrogen-bond acceptors (Lipinski definition) is 4. The zero-order valence-corrected chi connectivity index (χ0v) is 7.23. The van der Waals surface area contributed by atoms with Gasteiger partial charge in [0, 0.05) is 12.3 Å². The van der Waals surface area contributed by atoms with Crippen LogP contribution >= 0.6 is 0 Å². The van der Waals surface area contributed by atoms with Crippen LogP contribution in [0.1, 0.15) is 12.1 Å². The highest BCUT2D eigenvalue weighted by molar-refractivity contribution is 5.29. The molecule has 0 radical (unpaired) electrons. The summed E-state index contributed by atoms with van der Waals surface area (Å²) in [6.45, 7) is 1.18. The molecule has 0 amide bonds. The normalized spacial score (nSPS) is 9.23. The van der Waals surface area contributed by atoms with E-state index < -0.39 is 0 Å². The fourth-order valence-electron chi connectivity index (χ4n) is 0.835. The van der Waals surface area contributed by atoms with Gasteiger partial charge in [0.25, 0.3) is 0 Å². The van der Waals surface area contributed by atoms with E-state index in [-0.39, 0.29) is 0 Å². The molecule has 0 bridgehead atoms. The minimum atomic E-state index is 0.366. The van der Waals surface area contributed by atoms with Gasteiger partial charge in [-0.2, -0.15) is 5.26 Å². The van der Waals surface area contributed by atoms with Crippen LogP contribution in [0.15, 0.2) is 18.3 Å². The molecule has 4 heteroatoms. The largest absolute Gasteiger partial charge is 0.493 e. The molecule has 0 atom stereocenters. The van der Waals surface area contributed by atoms with Crippen molar-refractivity contribution in [1.29, 1.82) is 5.26 Å². The molecule has 2 N–H and O–H groups in total. The lowest BCUT2D eigenvalue weighted by atomic mass is 10.3. The molecule has 0 saturated carbocycles. The van der Waals surface area contributed by atoms with Crippen molar-refractivity contribution in [3.05, 3.63) is 24.0 Å². The first-order valence-electron chi connectivity index (χ1n) is 4.06. The van der Waals surface area contributed by atoms with Crippen LogP contribution in [0.3, 0.4) is 0 Å². The zero-order valence-electron chi connectivity index (χ0n) is 7.23. The van der Waals surface area contributed by atoms with Gasteiger partial charge in [-0.1, -0.05) is 0 Å². The predicted octanol–water partition coefficient (Wildman–Crippen LogP) is 0.681. The number of hydrogen-bond donors (Lipinski definition) is 1. The molecule has 0 aliphatic rings. The number of nitrogens with two attached hydrogens (primary N) is 1. The van der Waals surface area contributed by atoms with E-state index in [0.717, 1.165) is 6.42 Å². The second-order valence-electron chi connectivity index (χ2n) is 2.48. The summed E-state index contributed by atoms with van der Waals surface area (Å²) in [5.74, 6) is 0.667. The third kappa shape index (κ3) is 3.09. The zero-order chi connectivity index (χ0) is 9.52. The molecule has 1 rings (SSSR count). The van der Waals surface area contributed by atoms with Gasteiger partial charge in [-0.3, -0.25) is 0 Å². The van der Waals surface area contributed by atoms with Gasteiger partial charge >= 0.3 is 0 Å². The molecular weight excluding hydrogens is 166 g/mol. The monoisotopic (exact) mass is 177 g/mol. The predicted molar refractivity (Wildman–Crippen MR) is 48.1 cm³/mol. The number of rotatable bonds is 4. The van der Waals surface area contributed by atoms with E-state index in [9.17, 15) is 0 Å². The molecule has 13 heavy (non-hydrogen) atoms. The Kier molecular flexibility index (Phi) is 3.74. The van der Waals surface area contributed by atoms with Crippen LogP contribution in [-0.2, 0) is 0 Å². The maximum absolute atomic E-state index is 8.55. The SMILES string of the molecule is N#Cc1cc(OCCCN)ccn1. The first kappa shape index (κ1) is 9.49. The fourth-order valence-corrected chi connectivity index (χ4v) is 0.835. The van der Waals surface area contributed by atoms with Crippen molar-refractivity contribution in [2.75, 3.05) is 13.2 Å². The molecule has 0 aliphatic heterocycles. The van der Waals surface area contributed by atoms with Crippen molar-refractivity contribution < 1.29 is 4.74 Å². The lowest BCUT2D eigenvalue weighted by molar-refractivity contribution is 0.313. The second-order valence-corrected chi connectivity index (χ2v) is 2.48. The van der Waals surface area contributed by atoms with E-state index in [0.29, 0.717) is 24.6 Å². The molecule has 0 saturated heterocycles. The average Bonchev–Trinajstić information content (AvgIpc) is 2.19. The lowest BCUT2D eigenvalue weighted by Gasteiger charge is -2.03. The second kappa shape index (κ2) is 5.12. The van der Waals surface area contributed by atoms with Gasteiger partial charge in [0.2, 0.25) is 0 Å². The number of nitrogens with zero attached hydrogens (tertiary/aromatic N) is 2. The number of nitriles is 1. The first-order valence-corrected chi connectivity index (χ1v) is 4.06. The fraction of sp³-hybridized carbons (Fsp3) is 0.333. The molecule has 1 aromatic rings. The van der Waals surface area contributed by atoms with Crippen LogP contribution in [0, 0.1) is 11.3 Å². The Morgan fingerprint density at radius 3 is 3.15 bits per heavy atom. The van der Waals surface area contributed by atoms with Crippen molar-refractivity contribution >= 4 is 0 Å². The van der Waals surface area contributed by atoms with Crippen LogP contribution in [0.25, 0.3) is 0 Å². The van der Waals surface area contributed by atoms with E-state index in [2.05, 4.69) is 4.98 Å². The van der Waals surface area contributed by atoms with Crippen molar-refractivity contribution in [2.24, 2.45) is 5.73 Å². The molecule has 0 aliphatic carbocycles. The number of aromatic nitrogens is 1. The summed E-state index contributed by atoms with van der Waals surface area (Å²) in [6, 6.07) is 5.27. The summed E-state index contributed by atoms with van der Waals surface area (Å²) in [5, 5.41) is 8.55. The summed E-state index contributed by atoms with van der Waals surface area (Å²) in [7, 11) is 0. The Balaban J connectivity index is 2.52. The topological polar surface area (TPSA) is 71.9 Å². The standard InChI is InChI=1S/C9H11N3O/c10-3-1-5-13-9-2-4-12-8(6-9)7-11/h2,4,6H,1,3,5,10H2. The quantitative estimate of drug-likeness (QED) is 0.686. The summed E-state index contributed by atoms with van der Waals surface area (Å²) in [5.41, 5.74) is 5.67. The smallest absolute Gasteiger partial charge is 0.144 e. The molecule has 4 nitrogen and oxygen atoms in total. The summed E-state index contributed by atoms with van der Waals surface area (Å²) in [6.07, 6.45) is 2.36. The highest BCUT2D eigenvalue weighted by atomic mass is 16.5. The highest BCUT2D eigenvalue weighted by Crippen LogP contribution is 2.09. The van der Waals surface area contributed by atoms with Crippen LogP contribution < -0.4 is 10.5 Å². The van der Waals surface area contributed by atoms with Gasteiger partial charge in [0.15, 0.2) is 0 Å². The van der Waals surface area contributed by atoms with Crippen molar-refractivity contribution in [3.63, 3.8) is 0 Å². The van der Waals surface area contributed by atoms with E-state index in [1.54, 1.807) is 18.3 Å². The van der Waals surface area contributed by atoms with Gasteiger partial charge in [0.1, 0.15) is 17.5 Å². The number of ether oxygens (including phenoxy) is 1. The van der Waals surface area contributed by atoms with Gasteiger partial charge in [-0.05, 0) is 19.0 Å². The molecule has 0 aromatic carbocycles. The van der Waals surface area contributed by atoms with Crippen LogP contribution in [0.4, 0.5) is 0 Å². The molecule has 68 valence electrons. The number of pyridine rings is 1. The molecule has 0 fully saturated rings. The molecule has 0 spiro atoms. The van der Waals surface area contributed by atoms with Crippen LogP contribution in [0.2, 0.25) is 0 Å². The minimum absolute atomic E-state index is 0.366. The van der Waals surface area contributed by atoms with Crippen molar-refractivity contribution in [3.8, 4) is 11.8 Å². The average molecular weight is 177 g/mol. The van der Waals surface area contributed by atoms with Gasteiger partial charge in [-0.25, -0.2) is 4.98 Å². The Bertz CT molecular complexity index is 306. The Hall–Kier alpha value is -1.60. The van der Waals surface area contributed by atoms with Crippen LogP contribution in [-0.4, -0.2) is 18.1 Å². The Morgan fingerprint density at radius 1 is 1.62 bits per heavy atom. The first-order chi connectivity index (χ1) is 6.36. The van der Waals surface area contributed by atoms with E-state index >= 15 is 0 Å². The van der Waals surface area contributed by atoms with Crippen molar-refractivity contribution in [1.82, 2.24) is 4.98 Å². The third-order valence-corrected chi connectivity index (χ3v) is 1.46. The summed E-state index contributed by atoms with van der Waals surface area (Å²) >= 11 is 0. The molecule has 1 heterocycles. The Morgan fingerprint density at radius 2 is 2.46 bits per heavy atom. The third-order valence-electron chi connectivity index (χ3n) is 1.46. The van der Waals surface area contributed by atoms with E-state index in [4.69, 9.17) is 15.7 Å². The van der Waals surface area contributed by atoms with Crippen LogP contribution in [0.5, 0.6) is 5.75 Å². The lowest BCUT2D eigenvalue weighted by Crippen LogP contribution is -2.06. The summed E-state index contributed by atoms with van der Waals surface area (Å²) in [4.78, 5) is 3.82. The van der Waals surface area contributed by atoms with E-state index in [1.807, 2.05) is 6.07 Å². The maximum atomic E-state index is 8.55. The van der Waals surface area contributed by atoms with Gasteiger partial charge < -0.3 is 10.5 Å². The molecule has 0 unspecified atom stereocenters. The molecule has 1 aromatic heterocycles. The molecular formula is C9H11N3O. The summed E-state index contributed by atoms with van der Waals surface area (Å²) < 4.78 is 5.32. The highest BCUT2D eigenvalue weighted by Gasteiger charge is 1.95. The van der Waals surface area contributed by atoms with E-state index in [1.165, 1.54) is 0 Å².